The van der Waals surface area contributed by atoms with Gasteiger partial charge in [-0.15, -0.1) is 0 Å². The number of piperazine rings is 1. The summed E-state index contributed by atoms with van der Waals surface area (Å²) in [6.07, 6.45) is 0. The van der Waals surface area contributed by atoms with Gasteiger partial charge in [-0.2, -0.15) is 15.0 Å². The van der Waals surface area contributed by atoms with Crippen LogP contribution < -0.4 is 15.1 Å². The molecular formula is C13H25N7. The summed E-state index contributed by atoms with van der Waals surface area (Å²) < 4.78 is 0. The van der Waals surface area contributed by atoms with Crippen molar-refractivity contribution in [1.82, 2.24) is 19.9 Å². The number of hydrogen-bond acceptors (Lipinski definition) is 7. The predicted octanol–water partition coefficient (Wildman–Crippen LogP) is 0.508. The molecule has 0 radical (unpaired) electrons. The molecule has 2 unspecified atom stereocenters. The molecule has 7 nitrogen and oxygen atoms in total. The minimum Gasteiger partial charge on any atom is -0.357 e. The topological polar surface area (TPSA) is 60.4 Å². The normalized spacial score (nSPS) is 23.8. The Kier molecular flexibility index (Phi) is 4.27. The number of aromatic nitrogens is 3. The molecule has 1 aromatic heterocycles. The highest BCUT2D eigenvalue weighted by molar-refractivity contribution is 5.44. The number of anilines is 3. The average molecular weight is 279 g/mol. The molecule has 1 fully saturated rings. The third-order valence-electron chi connectivity index (χ3n) is 3.88. The van der Waals surface area contributed by atoms with Gasteiger partial charge in [-0.05, 0) is 20.9 Å². The minimum absolute atomic E-state index is 0.483. The Morgan fingerprint density at radius 3 is 2.20 bits per heavy atom. The van der Waals surface area contributed by atoms with Crippen LogP contribution in [0.2, 0.25) is 0 Å². The van der Waals surface area contributed by atoms with Crippen LogP contribution in [0.5, 0.6) is 0 Å². The molecule has 1 aromatic rings. The molecule has 0 saturated carbocycles. The van der Waals surface area contributed by atoms with Crippen LogP contribution in [0.3, 0.4) is 0 Å². The van der Waals surface area contributed by atoms with Crippen LogP contribution in [0.15, 0.2) is 0 Å². The molecule has 2 atom stereocenters. The first kappa shape index (κ1) is 14.8. The standard InChI is InChI=1S/C13H25N7/c1-9-7-20(8-10(2)19(9)6)13-16-11(14-3)15-12(17-13)18(4)5/h9-10H,7-8H2,1-6H3,(H,14,15,16,17). The summed E-state index contributed by atoms with van der Waals surface area (Å²) in [5, 5.41) is 3.01. The van der Waals surface area contributed by atoms with E-state index in [2.05, 4.69) is 51.0 Å². The lowest BCUT2D eigenvalue weighted by Gasteiger charge is -2.42. The first-order chi connectivity index (χ1) is 9.42. The lowest BCUT2D eigenvalue weighted by molar-refractivity contribution is 0.169. The van der Waals surface area contributed by atoms with E-state index in [9.17, 15) is 0 Å². The van der Waals surface area contributed by atoms with Gasteiger partial charge in [0.25, 0.3) is 0 Å². The summed E-state index contributed by atoms with van der Waals surface area (Å²) >= 11 is 0. The lowest BCUT2D eigenvalue weighted by atomic mass is 10.1. The number of likely N-dealkylation sites (N-methyl/N-ethyl adjacent to an activating group) is 1. The van der Waals surface area contributed by atoms with Gasteiger partial charge >= 0.3 is 0 Å². The van der Waals surface area contributed by atoms with Gasteiger partial charge in [0.05, 0.1) is 0 Å². The second-order valence-electron chi connectivity index (χ2n) is 5.67. The molecular weight excluding hydrogens is 254 g/mol. The molecule has 2 heterocycles. The molecule has 2 rings (SSSR count). The maximum Gasteiger partial charge on any atom is 0.232 e. The molecule has 1 N–H and O–H groups in total. The Morgan fingerprint density at radius 2 is 1.70 bits per heavy atom. The van der Waals surface area contributed by atoms with Crippen LogP contribution in [0.4, 0.5) is 17.8 Å². The van der Waals surface area contributed by atoms with Crippen molar-refractivity contribution in [2.75, 3.05) is 56.4 Å². The highest BCUT2D eigenvalue weighted by Gasteiger charge is 2.28. The zero-order valence-electron chi connectivity index (χ0n) is 13.3. The van der Waals surface area contributed by atoms with Crippen LogP contribution >= 0.6 is 0 Å². The van der Waals surface area contributed by atoms with E-state index in [4.69, 9.17) is 0 Å². The fourth-order valence-corrected chi connectivity index (χ4v) is 2.37. The molecule has 1 aliphatic heterocycles. The van der Waals surface area contributed by atoms with Crippen LogP contribution in [0.1, 0.15) is 13.8 Å². The van der Waals surface area contributed by atoms with Crippen LogP contribution in [-0.4, -0.2) is 73.2 Å². The van der Waals surface area contributed by atoms with Gasteiger partial charge in [0.2, 0.25) is 17.8 Å². The summed E-state index contributed by atoms with van der Waals surface area (Å²) in [5.74, 6) is 2.04. The molecule has 1 saturated heterocycles. The first-order valence-electron chi connectivity index (χ1n) is 7.00. The Hall–Kier alpha value is -1.63. The number of nitrogens with zero attached hydrogens (tertiary/aromatic N) is 6. The summed E-state index contributed by atoms with van der Waals surface area (Å²) in [7, 11) is 7.87. The van der Waals surface area contributed by atoms with Gasteiger partial charge in [0, 0.05) is 46.3 Å². The summed E-state index contributed by atoms with van der Waals surface area (Å²) in [4.78, 5) is 20.0. The summed E-state index contributed by atoms with van der Waals surface area (Å²) in [5.41, 5.74) is 0. The molecule has 0 spiro atoms. The van der Waals surface area contributed by atoms with E-state index >= 15 is 0 Å². The largest absolute Gasteiger partial charge is 0.357 e. The minimum atomic E-state index is 0.483. The third-order valence-corrected chi connectivity index (χ3v) is 3.88. The van der Waals surface area contributed by atoms with Crippen molar-refractivity contribution < 1.29 is 0 Å². The van der Waals surface area contributed by atoms with Crippen LogP contribution in [-0.2, 0) is 0 Å². The first-order valence-corrected chi connectivity index (χ1v) is 7.00. The van der Waals surface area contributed by atoms with Gasteiger partial charge in [0.15, 0.2) is 0 Å². The second kappa shape index (κ2) is 5.78. The zero-order chi connectivity index (χ0) is 14.9. The Labute approximate surface area is 121 Å². The van der Waals surface area contributed by atoms with E-state index in [1.807, 2.05) is 26.0 Å². The van der Waals surface area contributed by atoms with Crippen molar-refractivity contribution in [2.45, 2.75) is 25.9 Å². The van der Waals surface area contributed by atoms with Crippen LogP contribution in [0, 0.1) is 0 Å². The summed E-state index contributed by atoms with van der Waals surface area (Å²) in [6.45, 7) is 6.33. The van der Waals surface area contributed by atoms with E-state index in [0.717, 1.165) is 19.0 Å². The molecule has 1 aliphatic rings. The maximum absolute atomic E-state index is 4.57. The average Bonchev–Trinajstić information content (AvgIpc) is 2.43. The summed E-state index contributed by atoms with van der Waals surface area (Å²) in [6, 6.07) is 0.965. The number of hydrogen-bond donors (Lipinski definition) is 1. The zero-order valence-corrected chi connectivity index (χ0v) is 13.3. The molecule has 20 heavy (non-hydrogen) atoms. The maximum atomic E-state index is 4.57. The van der Waals surface area contributed by atoms with Gasteiger partial charge in [-0.3, -0.25) is 4.90 Å². The quantitative estimate of drug-likeness (QED) is 0.865. The second-order valence-corrected chi connectivity index (χ2v) is 5.67. The number of nitrogens with one attached hydrogen (secondary N) is 1. The van der Waals surface area contributed by atoms with Crippen LogP contribution in [0.25, 0.3) is 0 Å². The van der Waals surface area contributed by atoms with E-state index in [1.54, 1.807) is 0 Å². The molecule has 0 amide bonds. The van der Waals surface area contributed by atoms with Crippen molar-refractivity contribution in [1.29, 1.82) is 0 Å². The van der Waals surface area contributed by atoms with E-state index < -0.39 is 0 Å². The SMILES string of the molecule is CNc1nc(N(C)C)nc(N2CC(C)N(C)C(C)C2)n1. The fraction of sp³-hybridized carbons (Fsp3) is 0.769. The van der Waals surface area contributed by atoms with Gasteiger partial charge in [-0.25, -0.2) is 0 Å². The Morgan fingerprint density at radius 1 is 1.10 bits per heavy atom. The predicted molar refractivity (Wildman–Crippen MR) is 82.6 cm³/mol. The molecule has 0 bridgehead atoms. The molecule has 112 valence electrons. The van der Waals surface area contributed by atoms with E-state index in [1.165, 1.54) is 0 Å². The number of rotatable bonds is 3. The Balaban J connectivity index is 2.30. The Bertz CT molecular complexity index is 450. The van der Waals surface area contributed by atoms with Gasteiger partial charge in [0.1, 0.15) is 0 Å². The smallest absolute Gasteiger partial charge is 0.232 e. The lowest BCUT2D eigenvalue weighted by Crippen LogP contribution is -2.55. The third kappa shape index (κ3) is 2.92. The molecule has 0 aliphatic carbocycles. The monoisotopic (exact) mass is 279 g/mol. The molecule has 7 heteroatoms. The van der Waals surface area contributed by atoms with Crippen molar-refractivity contribution in [3.05, 3.63) is 0 Å². The van der Waals surface area contributed by atoms with E-state index in [0.29, 0.717) is 24.0 Å². The van der Waals surface area contributed by atoms with Crippen molar-refractivity contribution >= 4 is 17.8 Å². The van der Waals surface area contributed by atoms with Crippen molar-refractivity contribution in [3.63, 3.8) is 0 Å². The van der Waals surface area contributed by atoms with Crippen molar-refractivity contribution in [3.8, 4) is 0 Å². The highest BCUT2D eigenvalue weighted by Crippen LogP contribution is 2.20. The fourth-order valence-electron chi connectivity index (χ4n) is 2.37. The highest BCUT2D eigenvalue weighted by atomic mass is 15.4. The van der Waals surface area contributed by atoms with Gasteiger partial charge in [-0.1, -0.05) is 0 Å². The van der Waals surface area contributed by atoms with E-state index in [-0.39, 0.29) is 0 Å². The van der Waals surface area contributed by atoms with Crippen molar-refractivity contribution in [2.24, 2.45) is 0 Å². The molecule has 0 aromatic carbocycles. The van der Waals surface area contributed by atoms with Gasteiger partial charge < -0.3 is 15.1 Å².